The molecule has 16 heteroatoms. The number of imidazole rings is 2. The minimum Gasteiger partial charge on any atom is -0.488 e. The maximum absolute atomic E-state index is 14.2. The molecule has 1 aliphatic carbocycles. The number of hydrogen-bond donors (Lipinski definition) is 4. The lowest BCUT2D eigenvalue weighted by Gasteiger charge is -2.33. The van der Waals surface area contributed by atoms with Crippen molar-refractivity contribution in [2.75, 3.05) is 41.0 Å². The molecule has 0 saturated carbocycles. The van der Waals surface area contributed by atoms with Gasteiger partial charge in [0.25, 0.3) is 0 Å². The van der Waals surface area contributed by atoms with Gasteiger partial charge in [-0.15, -0.1) is 0 Å². The molecule has 4 N–H and O–H groups in total. The van der Waals surface area contributed by atoms with E-state index in [-0.39, 0.29) is 36.2 Å². The van der Waals surface area contributed by atoms with Gasteiger partial charge < -0.3 is 49.3 Å². The van der Waals surface area contributed by atoms with Gasteiger partial charge in [-0.1, -0.05) is 70.2 Å². The Balaban J connectivity index is 1.11. The van der Waals surface area contributed by atoms with Gasteiger partial charge in [0.2, 0.25) is 11.8 Å². The first-order valence-corrected chi connectivity index (χ1v) is 22.2. The summed E-state index contributed by atoms with van der Waals surface area (Å²) >= 11 is 0. The van der Waals surface area contributed by atoms with Crippen molar-refractivity contribution in [1.29, 1.82) is 0 Å². The largest absolute Gasteiger partial charge is 0.488 e. The number of carbonyl (C=O) groups is 4. The van der Waals surface area contributed by atoms with Crippen LogP contribution in [0.2, 0.25) is 0 Å². The van der Waals surface area contributed by atoms with Gasteiger partial charge in [0.1, 0.15) is 36.1 Å². The van der Waals surface area contributed by atoms with Crippen LogP contribution in [0.1, 0.15) is 87.2 Å². The summed E-state index contributed by atoms with van der Waals surface area (Å²) in [7, 11) is 4.18. The first-order chi connectivity index (χ1) is 31.3. The molecule has 4 atom stereocenters. The quantitative estimate of drug-likeness (QED) is 0.0726. The number of H-pyrrole nitrogens is 2. The van der Waals surface area contributed by atoms with Crippen LogP contribution in [-0.4, -0.2) is 101 Å². The highest BCUT2D eigenvalue weighted by molar-refractivity contribution is 5.88. The van der Waals surface area contributed by atoms with Crippen molar-refractivity contribution >= 4 is 24.0 Å². The van der Waals surface area contributed by atoms with Gasteiger partial charge in [0, 0.05) is 37.0 Å². The fourth-order valence-electron chi connectivity index (χ4n) is 8.74. The average molecular weight is 889 g/mol. The van der Waals surface area contributed by atoms with Crippen molar-refractivity contribution in [3.05, 3.63) is 101 Å². The molecule has 0 saturated heterocycles. The molecular formula is C49H60N8O8. The van der Waals surface area contributed by atoms with E-state index in [4.69, 9.17) is 23.9 Å². The van der Waals surface area contributed by atoms with Crippen LogP contribution in [0.5, 0.6) is 5.75 Å². The van der Waals surface area contributed by atoms with Crippen LogP contribution in [0.25, 0.3) is 33.6 Å². The molecule has 0 radical (unpaired) electrons. The van der Waals surface area contributed by atoms with Crippen LogP contribution in [0.4, 0.5) is 9.59 Å². The Morgan fingerprint density at radius 3 is 2.31 bits per heavy atom. The number of benzene rings is 3. The number of nitrogens with one attached hydrogen (secondary N) is 4. The van der Waals surface area contributed by atoms with E-state index in [1.807, 2.05) is 52.8 Å². The summed E-state index contributed by atoms with van der Waals surface area (Å²) in [6.07, 6.45) is 2.73. The van der Waals surface area contributed by atoms with Crippen molar-refractivity contribution in [2.24, 2.45) is 11.8 Å². The Hall–Kier alpha value is -6.68. The third-order valence-corrected chi connectivity index (χ3v) is 12.1. The molecule has 2 aromatic heterocycles. The summed E-state index contributed by atoms with van der Waals surface area (Å²) in [4.78, 5) is 72.9. The molecule has 16 nitrogen and oxygen atoms in total. The third-order valence-electron chi connectivity index (χ3n) is 12.1. The Kier molecular flexibility index (Phi) is 14.6. The van der Waals surface area contributed by atoms with Gasteiger partial charge >= 0.3 is 12.2 Å². The summed E-state index contributed by atoms with van der Waals surface area (Å²) in [6, 6.07) is 17.6. The highest BCUT2D eigenvalue weighted by Gasteiger charge is 2.35. The van der Waals surface area contributed by atoms with Gasteiger partial charge in [-0.25, -0.2) is 19.6 Å². The van der Waals surface area contributed by atoms with E-state index >= 15 is 0 Å². The second kappa shape index (κ2) is 20.4. The number of aromatic nitrogens is 4. The van der Waals surface area contributed by atoms with Crippen LogP contribution in [0.3, 0.4) is 0 Å². The second-order valence-electron chi connectivity index (χ2n) is 17.2. The molecule has 3 heterocycles. The molecular weight excluding hydrogens is 829 g/mol. The monoisotopic (exact) mass is 888 g/mol. The van der Waals surface area contributed by atoms with E-state index in [1.54, 1.807) is 35.2 Å². The van der Waals surface area contributed by atoms with Crippen LogP contribution < -0.4 is 15.4 Å². The molecule has 0 fully saturated rings. The highest BCUT2D eigenvalue weighted by atomic mass is 16.5. The lowest BCUT2D eigenvalue weighted by Crippen LogP contribution is -2.52. The van der Waals surface area contributed by atoms with E-state index in [9.17, 15) is 19.2 Å². The normalized spacial score (nSPS) is 14.3. The Labute approximate surface area is 379 Å². The molecule has 0 unspecified atom stereocenters. The average Bonchev–Trinajstić information content (AvgIpc) is 3.98. The van der Waals surface area contributed by atoms with Crippen molar-refractivity contribution in [1.82, 2.24) is 40.4 Å². The van der Waals surface area contributed by atoms with Crippen molar-refractivity contribution < 1.29 is 38.1 Å². The standard InChI is InChI=1S/C49H60N8O8/c1-9-19-57(47(59)42(28(2)3)54-48(60)63-7)30(5)45-52-38-18-16-32-21-37-35-17-15-33(20-34(35)27-65-40(37)22-36(32)44(38)53-45)39-23-50-41(51-39)25-56(24-29(4)26-62-6)46(58)43(55-49(61)64-8)31-13-11-10-12-14-31/h10-15,17,20-23,28-30,42-43H,9,16,18-19,24-27H2,1-8H3,(H,50,51)(H,52,53)(H,54,60)(H,55,61)/t29-,30-,42-,43+/m0/s1. The van der Waals surface area contributed by atoms with Gasteiger partial charge in [-0.3, -0.25) is 9.59 Å². The van der Waals surface area contributed by atoms with E-state index in [1.165, 1.54) is 19.8 Å². The third kappa shape index (κ3) is 10.2. The van der Waals surface area contributed by atoms with E-state index in [0.717, 1.165) is 69.9 Å². The van der Waals surface area contributed by atoms with Crippen LogP contribution in [0.15, 0.2) is 66.9 Å². The zero-order valence-corrected chi connectivity index (χ0v) is 38.4. The molecule has 1 aliphatic heterocycles. The van der Waals surface area contributed by atoms with Crippen molar-refractivity contribution in [3.8, 4) is 39.4 Å². The number of aryl methyl sites for hydroxylation is 2. The minimum atomic E-state index is -0.968. The number of methoxy groups -OCH3 is 3. The summed E-state index contributed by atoms with van der Waals surface area (Å²) in [6.45, 7) is 11.6. The number of alkyl carbamates (subject to hydrolysis) is 2. The molecule has 7 rings (SSSR count). The van der Waals surface area contributed by atoms with Gasteiger partial charge in [0.15, 0.2) is 0 Å². The molecule has 4 amide bonds. The van der Waals surface area contributed by atoms with Gasteiger partial charge in [-0.2, -0.15) is 0 Å². The van der Waals surface area contributed by atoms with E-state index < -0.39 is 24.3 Å². The smallest absolute Gasteiger partial charge is 0.407 e. The second-order valence-corrected chi connectivity index (χ2v) is 17.2. The number of carbonyl (C=O) groups excluding carboxylic acids is 4. The summed E-state index contributed by atoms with van der Waals surface area (Å²) in [5.74, 6) is 1.43. The predicted octanol–water partition coefficient (Wildman–Crippen LogP) is 7.51. The van der Waals surface area contributed by atoms with Crippen molar-refractivity contribution in [3.63, 3.8) is 0 Å². The van der Waals surface area contributed by atoms with E-state index in [2.05, 4.69) is 55.9 Å². The Morgan fingerprint density at radius 2 is 1.60 bits per heavy atom. The number of amides is 4. The van der Waals surface area contributed by atoms with Crippen LogP contribution >= 0.6 is 0 Å². The first kappa shape index (κ1) is 46.3. The number of hydrogen-bond acceptors (Lipinski definition) is 10. The minimum absolute atomic E-state index is 0.00481. The zero-order chi connectivity index (χ0) is 46.4. The molecule has 5 aromatic rings. The van der Waals surface area contributed by atoms with Crippen LogP contribution in [0, 0.1) is 11.8 Å². The fourth-order valence-corrected chi connectivity index (χ4v) is 8.74. The number of fused-ring (bicyclic) bond motifs is 6. The lowest BCUT2D eigenvalue weighted by molar-refractivity contribution is -0.137. The van der Waals surface area contributed by atoms with Crippen molar-refractivity contribution in [2.45, 2.75) is 85.2 Å². The topological polar surface area (TPSA) is 193 Å². The maximum Gasteiger partial charge on any atom is 0.407 e. The maximum atomic E-state index is 14.2. The molecule has 3 aromatic carbocycles. The lowest BCUT2D eigenvalue weighted by atomic mass is 9.86. The summed E-state index contributed by atoms with van der Waals surface area (Å²) in [5, 5.41) is 5.44. The predicted molar refractivity (Wildman–Crippen MR) is 245 cm³/mol. The van der Waals surface area contributed by atoms with Gasteiger partial charge in [-0.05, 0) is 84.0 Å². The Morgan fingerprint density at radius 1 is 0.846 bits per heavy atom. The fraction of sp³-hybridized carbons (Fsp3) is 0.429. The molecule has 2 aliphatic rings. The summed E-state index contributed by atoms with van der Waals surface area (Å²) in [5.41, 5.74) is 9.52. The van der Waals surface area contributed by atoms with Crippen LogP contribution in [-0.2, 0) is 49.8 Å². The highest BCUT2D eigenvalue weighted by Crippen LogP contribution is 2.45. The molecule has 344 valence electrons. The molecule has 65 heavy (non-hydrogen) atoms. The zero-order valence-electron chi connectivity index (χ0n) is 38.4. The molecule has 0 spiro atoms. The van der Waals surface area contributed by atoms with E-state index in [0.29, 0.717) is 43.5 Å². The SMILES string of the molecule is CCCN(C(=O)[C@@H](NC(=O)OC)C(C)C)[C@@H](C)c1nc2c([nH]1)CCc1cc3c(cc1-2)OCc1cc(-c2cnc(CN(C[C@H](C)COC)C(=O)[C@H](NC(=O)OC)c4ccccc4)[nH]2)ccc1-3. The number of rotatable bonds is 17. The molecule has 0 bridgehead atoms. The number of ether oxygens (including phenoxy) is 4. The number of nitrogens with zero attached hydrogens (tertiary/aromatic N) is 4. The first-order valence-electron chi connectivity index (χ1n) is 22.2. The number of aromatic amines is 2. The van der Waals surface area contributed by atoms with Gasteiger partial charge in [0.05, 0.1) is 51.0 Å². The summed E-state index contributed by atoms with van der Waals surface area (Å²) < 4.78 is 21.5. The Bertz CT molecular complexity index is 2500.